The maximum atomic E-state index is 4.29. The molecule has 1 aromatic heterocycles. The second-order valence-electron chi connectivity index (χ2n) is 5.88. The molecule has 122 valence electrons. The molecule has 2 heterocycles. The molecular formula is C15H27N7. The van der Waals surface area contributed by atoms with Gasteiger partial charge in [0.2, 0.25) is 0 Å². The molecular weight excluding hydrogens is 278 g/mol. The van der Waals surface area contributed by atoms with Gasteiger partial charge in [-0.15, -0.1) is 0 Å². The number of aryl methyl sites for hydroxylation is 1. The summed E-state index contributed by atoms with van der Waals surface area (Å²) in [5.41, 5.74) is 1.23. The van der Waals surface area contributed by atoms with E-state index in [2.05, 4.69) is 44.1 Å². The first-order chi connectivity index (χ1) is 10.6. The molecule has 2 N–H and O–H groups in total. The molecule has 0 aromatic carbocycles. The van der Waals surface area contributed by atoms with E-state index in [-0.39, 0.29) is 0 Å². The first kappa shape index (κ1) is 16.5. The van der Waals surface area contributed by atoms with Crippen LogP contribution < -0.4 is 10.6 Å². The van der Waals surface area contributed by atoms with Crippen molar-refractivity contribution >= 4 is 5.96 Å². The average molecular weight is 305 g/mol. The van der Waals surface area contributed by atoms with Gasteiger partial charge in [0.05, 0.1) is 6.54 Å². The van der Waals surface area contributed by atoms with Crippen molar-refractivity contribution in [1.82, 2.24) is 30.3 Å². The van der Waals surface area contributed by atoms with Crippen molar-refractivity contribution in [3.63, 3.8) is 0 Å². The molecule has 0 radical (unpaired) electrons. The highest BCUT2D eigenvalue weighted by Crippen LogP contribution is 2.11. The van der Waals surface area contributed by atoms with Crippen LogP contribution in [0.15, 0.2) is 23.5 Å². The Morgan fingerprint density at radius 1 is 1.45 bits per heavy atom. The number of hydrogen-bond donors (Lipinski definition) is 2. The summed E-state index contributed by atoms with van der Waals surface area (Å²) in [5, 5.41) is 10.8. The fourth-order valence-corrected chi connectivity index (χ4v) is 2.65. The van der Waals surface area contributed by atoms with E-state index in [1.54, 1.807) is 18.1 Å². The zero-order valence-electron chi connectivity index (χ0n) is 13.8. The van der Waals surface area contributed by atoms with Crippen LogP contribution in [-0.4, -0.2) is 58.3 Å². The van der Waals surface area contributed by atoms with E-state index in [0.29, 0.717) is 12.6 Å². The number of nitrogens with zero attached hydrogens (tertiary/aromatic N) is 5. The molecule has 0 bridgehead atoms. The van der Waals surface area contributed by atoms with Crippen LogP contribution >= 0.6 is 0 Å². The van der Waals surface area contributed by atoms with E-state index < -0.39 is 0 Å². The lowest BCUT2D eigenvalue weighted by Gasteiger charge is -2.33. The molecule has 0 atom stereocenters. The van der Waals surface area contributed by atoms with Gasteiger partial charge in [-0.3, -0.25) is 14.6 Å². The lowest BCUT2D eigenvalue weighted by molar-refractivity contribution is 0.221. The van der Waals surface area contributed by atoms with Gasteiger partial charge in [0, 0.05) is 39.8 Å². The zero-order chi connectivity index (χ0) is 15.9. The number of piperidine rings is 1. The van der Waals surface area contributed by atoms with Crippen LogP contribution in [0.3, 0.4) is 0 Å². The summed E-state index contributed by atoms with van der Waals surface area (Å²) in [4.78, 5) is 10.9. The topological polar surface area (TPSA) is 70.4 Å². The van der Waals surface area contributed by atoms with Crippen molar-refractivity contribution in [3.05, 3.63) is 24.3 Å². The molecule has 0 spiro atoms. The molecule has 1 aliphatic heterocycles. The molecule has 7 heteroatoms. The summed E-state index contributed by atoms with van der Waals surface area (Å²) in [6, 6.07) is 0.465. The van der Waals surface area contributed by atoms with Gasteiger partial charge in [-0.1, -0.05) is 12.2 Å². The predicted octanol–water partition coefficient (Wildman–Crippen LogP) is 0.521. The van der Waals surface area contributed by atoms with Crippen molar-refractivity contribution < 1.29 is 0 Å². The summed E-state index contributed by atoms with van der Waals surface area (Å²) in [6.07, 6.45) is 3.81. The minimum Gasteiger partial charge on any atom is -0.354 e. The number of aliphatic imine (C=N–C) groups is 1. The van der Waals surface area contributed by atoms with E-state index in [0.717, 1.165) is 44.3 Å². The third-order valence-electron chi connectivity index (χ3n) is 3.86. The summed E-state index contributed by atoms with van der Waals surface area (Å²) >= 11 is 0. The normalized spacial score (nSPS) is 17.5. The monoisotopic (exact) mass is 305 g/mol. The van der Waals surface area contributed by atoms with Crippen LogP contribution in [0, 0.1) is 0 Å². The maximum Gasteiger partial charge on any atom is 0.191 e. The lowest BCUT2D eigenvalue weighted by Crippen LogP contribution is -2.48. The molecule has 0 aliphatic carbocycles. The highest BCUT2D eigenvalue weighted by Gasteiger charge is 2.19. The Hall–Kier alpha value is -1.89. The van der Waals surface area contributed by atoms with Gasteiger partial charge in [0.15, 0.2) is 5.96 Å². The smallest absolute Gasteiger partial charge is 0.191 e. The predicted molar refractivity (Wildman–Crippen MR) is 88.6 cm³/mol. The molecule has 2 rings (SSSR count). The van der Waals surface area contributed by atoms with Crippen LogP contribution in [-0.2, 0) is 13.6 Å². The minimum atomic E-state index is 0.465. The Bertz CT molecular complexity index is 512. The van der Waals surface area contributed by atoms with E-state index in [1.165, 1.54) is 5.57 Å². The van der Waals surface area contributed by atoms with Gasteiger partial charge < -0.3 is 10.6 Å². The van der Waals surface area contributed by atoms with Crippen molar-refractivity contribution in [3.8, 4) is 0 Å². The third-order valence-corrected chi connectivity index (χ3v) is 3.86. The fourth-order valence-electron chi connectivity index (χ4n) is 2.65. The van der Waals surface area contributed by atoms with Gasteiger partial charge >= 0.3 is 0 Å². The molecule has 1 aromatic rings. The van der Waals surface area contributed by atoms with Crippen LogP contribution in [0.5, 0.6) is 0 Å². The molecule has 0 amide bonds. The first-order valence-electron chi connectivity index (χ1n) is 7.75. The van der Waals surface area contributed by atoms with Crippen molar-refractivity contribution in [2.75, 3.05) is 26.7 Å². The highest BCUT2D eigenvalue weighted by atomic mass is 15.3. The summed E-state index contributed by atoms with van der Waals surface area (Å²) in [7, 11) is 3.68. The molecule has 1 saturated heterocycles. The van der Waals surface area contributed by atoms with Gasteiger partial charge in [-0.05, 0) is 19.8 Å². The third kappa shape index (κ3) is 4.84. The van der Waals surface area contributed by atoms with E-state index in [1.807, 2.05) is 7.05 Å². The minimum absolute atomic E-state index is 0.465. The van der Waals surface area contributed by atoms with E-state index >= 15 is 0 Å². The number of aromatic nitrogens is 3. The Kier molecular flexibility index (Phi) is 5.94. The fraction of sp³-hybridized carbons (Fsp3) is 0.667. The lowest BCUT2D eigenvalue weighted by atomic mass is 10.0. The molecule has 1 fully saturated rings. The molecule has 22 heavy (non-hydrogen) atoms. The Labute approximate surface area is 132 Å². The van der Waals surface area contributed by atoms with Crippen LogP contribution in [0.1, 0.15) is 25.6 Å². The summed E-state index contributed by atoms with van der Waals surface area (Å²) < 4.78 is 1.76. The van der Waals surface area contributed by atoms with Crippen molar-refractivity contribution in [2.24, 2.45) is 12.0 Å². The zero-order valence-corrected chi connectivity index (χ0v) is 13.8. The Morgan fingerprint density at radius 2 is 2.18 bits per heavy atom. The number of hydrogen-bond acceptors (Lipinski definition) is 4. The number of rotatable bonds is 5. The summed E-state index contributed by atoms with van der Waals surface area (Å²) in [5.74, 6) is 1.71. The quantitative estimate of drug-likeness (QED) is 0.471. The first-order valence-corrected chi connectivity index (χ1v) is 7.75. The van der Waals surface area contributed by atoms with E-state index in [4.69, 9.17) is 0 Å². The largest absolute Gasteiger partial charge is 0.354 e. The molecule has 1 aliphatic rings. The van der Waals surface area contributed by atoms with Gasteiger partial charge in [0.1, 0.15) is 12.2 Å². The van der Waals surface area contributed by atoms with Crippen molar-refractivity contribution in [2.45, 2.75) is 32.4 Å². The Balaban J connectivity index is 1.75. The number of likely N-dealkylation sites (tertiary alicyclic amines) is 1. The van der Waals surface area contributed by atoms with Crippen LogP contribution in [0.4, 0.5) is 0 Å². The van der Waals surface area contributed by atoms with Gasteiger partial charge in [-0.2, -0.15) is 5.10 Å². The second-order valence-corrected chi connectivity index (χ2v) is 5.88. The highest BCUT2D eigenvalue weighted by molar-refractivity contribution is 5.79. The molecule has 7 nitrogen and oxygen atoms in total. The van der Waals surface area contributed by atoms with Crippen LogP contribution in [0.2, 0.25) is 0 Å². The average Bonchev–Trinajstić information content (AvgIpc) is 2.90. The van der Waals surface area contributed by atoms with Gasteiger partial charge in [0.25, 0.3) is 0 Å². The second kappa shape index (κ2) is 7.93. The summed E-state index contributed by atoms with van der Waals surface area (Å²) in [6.45, 7) is 9.90. The number of guanidine groups is 1. The standard InChI is InChI=1S/C15H27N7/c1-12(2)10-22-7-5-13(6-8-22)20-15(16-3)17-9-14-18-11-19-21(14)4/h11,13H,1,5-10H2,2-4H3,(H2,16,17,20). The molecule has 0 unspecified atom stereocenters. The van der Waals surface area contributed by atoms with Crippen LogP contribution in [0.25, 0.3) is 0 Å². The van der Waals surface area contributed by atoms with Crippen molar-refractivity contribution in [1.29, 1.82) is 0 Å². The SMILES string of the molecule is C=C(C)CN1CCC(NC(=NC)NCc2ncnn2C)CC1. The Morgan fingerprint density at radius 3 is 2.73 bits per heavy atom. The maximum absolute atomic E-state index is 4.29. The number of nitrogens with one attached hydrogen (secondary N) is 2. The van der Waals surface area contributed by atoms with E-state index in [9.17, 15) is 0 Å². The molecule has 0 saturated carbocycles. The van der Waals surface area contributed by atoms with Gasteiger partial charge in [-0.25, -0.2) is 4.98 Å².